The van der Waals surface area contributed by atoms with Crippen LogP contribution in [0.1, 0.15) is 19.4 Å². The number of nitrogens with two attached hydrogens (primary N) is 1. The summed E-state index contributed by atoms with van der Waals surface area (Å²) >= 11 is 0. The average Bonchev–Trinajstić information content (AvgIpc) is 2.05. The van der Waals surface area contributed by atoms with Gasteiger partial charge in [0.15, 0.2) is 0 Å². The summed E-state index contributed by atoms with van der Waals surface area (Å²) < 4.78 is 0. The maximum Gasteiger partial charge on any atom is 0.0393 e. The number of nitrogen functional groups attached to an aromatic ring is 1. The van der Waals surface area contributed by atoms with Crippen LogP contribution in [0.2, 0.25) is 0 Å². The Bertz CT molecular complexity index is 329. The molecule has 0 amide bonds. The van der Waals surface area contributed by atoms with Crippen molar-refractivity contribution in [2.75, 3.05) is 17.6 Å². The van der Waals surface area contributed by atoms with Gasteiger partial charge in [0, 0.05) is 17.9 Å². The summed E-state index contributed by atoms with van der Waals surface area (Å²) in [5.74, 6) is 0. The smallest absolute Gasteiger partial charge is 0.0393 e. The molecule has 0 bridgehead atoms. The Balaban J connectivity index is 2.37. The number of hydrogen-bond donors (Lipinski definition) is 2. The predicted molar refractivity (Wildman–Crippen MR) is 56.8 cm³/mol. The van der Waals surface area contributed by atoms with Crippen molar-refractivity contribution in [3.63, 3.8) is 0 Å². The van der Waals surface area contributed by atoms with Gasteiger partial charge in [0.1, 0.15) is 0 Å². The highest BCUT2D eigenvalue weighted by Gasteiger charge is 2.24. The maximum absolute atomic E-state index is 5.71. The summed E-state index contributed by atoms with van der Waals surface area (Å²) in [6.45, 7) is 5.59. The van der Waals surface area contributed by atoms with Crippen molar-refractivity contribution in [1.82, 2.24) is 0 Å². The lowest BCUT2D eigenvalue weighted by molar-refractivity contribution is 0.379. The fourth-order valence-corrected chi connectivity index (χ4v) is 1.83. The monoisotopic (exact) mass is 176 g/mol. The van der Waals surface area contributed by atoms with E-state index in [4.69, 9.17) is 5.73 Å². The van der Waals surface area contributed by atoms with Crippen LogP contribution in [0, 0.1) is 5.41 Å². The highest BCUT2D eigenvalue weighted by atomic mass is 14.9. The topological polar surface area (TPSA) is 38.0 Å². The van der Waals surface area contributed by atoms with Gasteiger partial charge >= 0.3 is 0 Å². The number of hydrogen-bond acceptors (Lipinski definition) is 2. The first-order chi connectivity index (χ1) is 6.07. The Morgan fingerprint density at radius 1 is 1.38 bits per heavy atom. The van der Waals surface area contributed by atoms with Crippen molar-refractivity contribution >= 4 is 11.4 Å². The van der Waals surface area contributed by atoms with Crippen molar-refractivity contribution in [2.24, 2.45) is 5.41 Å². The van der Waals surface area contributed by atoms with E-state index in [0.717, 1.165) is 18.7 Å². The van der Waals surface area contributed by atoms with E-state index in [-0.39, 0.29) is 0 Å². The molecule has 3 N–H and O–H groups in total. The second-order valence-corrected chi connectivity index (χ2v) is 4.61. The predicted octanol–water partition coefficient (Wildman–Crippen LogP) is 2.26. The van der Waals surface area contributed by atoms with E-state index < -0.39 is 0 Å². The minimum Gasteiger partial charge on any atom is -0.399 e. The molecule has 0 aliphatic carbocycles. The fraction of sp³-hybridized carbons (Fsp3) is 0.455. The molecule has 13 heavy (non-hydrogen) atoms. The van der Waals surface area contributed by atoms with Gasteiger partial charge in [-0.05, 0) is 29.5 Å². The summed E-state index contributed by atoms with van der Waals surface area (Å²) in [7, 11) is 0. The Kier molecular flexibility index (Phi) is 1.72. The largest absolute Gasteiger partial charge is 0.399 e. The van der Waals surface area contributed by atoms with E-state index in [9.17, 15) is 0 Å². The minimum absolute atomic E-state index is 0.364. The van der Waals surface area contributed by atoms with E-state index in [1.165, 1.54) is 11.3 Å². The lowest BCUT2D eigenvalue weighted by Crippen LogP contribution is -2.30. The molecule has 0 unspecified atom stereocenters. The van der Waals surface area contributed by atoms with Gasteiger partial charge in [0.25, 0.3) is 0 Å². The number of benzene rings is 1. The Morgan fingerprint density at radius 2 is 2.15 bits per heavy atom. The average molecular weight is 176 g/mol. The first kappa shape index (κ1) is 8.42. The van der Waals surface area contributed by atoms with Crippen LogP contribution in [0.25, 0.3) is 0 Å². The molecular formula is C11H16N2. The van der Waals surface area contributed by atoms with Gasteiger partial charge in [-0.3, -0.25) is 0 Å². The van der Waals surface area contributed by atoms with Crippen LogP contribution in [0.3, 0.4) is 0 Å². The van der Waals surface area contributed by atoms with Crippen molar-refractivity contribution in [3.05, 3.63) is 23.8 Å². The Morgan fingerprint density at radius 3 is 2.92 bits per heavy atom. The molecule has 0 saturated heterocycles. The normalized spacial score (nSPS) is 18.9. The van der Waals surface area contributed by atoms with Gasteiger partial charge in [-0.15, -0.1) is 0 Å². The zero-order valence-corrected chi connectivity index (χ0v) is 8.22. The standard InChI is InChI=1S/C11H16N2/c1-11(2)6-8-3-4-9(12)5-10(8)13-7-11/h3-5,13H,6-7,12H2,1-2H3. The number of rotatable bonds is 0. The van der Waals surface area contributed by atoms with Crippen LogP contribution in [0.15, 0.2) is 18.2 Å². The van der Waals surface area contributed by atoms with Gasteiger partial charge in [0.05, 0.1) is 0 Å². The summed E-state index contributed by atoms with van der Waals surface area (Å²) in [6, 6.07) is 6.12. The van der Waals surface area contributed by atoms with Gasteiger partial charge in [-0.1, -0.05) is 19.9 Å². The second kappa shape index (κ2) is 2.66. The molecule has 2 heteroatoms. The van der Waals surface area contributed by atoms with Gasteiger partial charge < -0.3 is 11.1 Å². The van der Waals surface area contributed by atoms with Crippen LogP contribution in [0.5, 0.6) is 0 Å². The first-order valence-electron chi connectivity index (χ1n) is 4.69. The molecule has 0 fully saturated rings. The number of nitrogens with one attached hydrogen (secondary N) is 1. The molecule has 2 rings (SSSR count). The zero-order chi connectivity index (χ0) is 9.47. The quantitative estimate of drug-likeness (QED) is 0.595. The summed E-state index contributed by atoms with van der Waals surface area (Å²) in [5, 5.41) is 3.41. The first-order valence-corrected chi connectivity index (χ1v) is 4.69. The molecule has 0 saturated carbocycles. The summed E-state index contributed by atoms with van der Waals surface area (Å²) in [5.41, 5.74) is 9.50. The number of anilines is 2. The van der Waals surface area contributed by atoms with Crippen molar-refractivity contribution in [1.29, 1.82) is 0 Å². The molecule has 1 heterocycles. The Hall–Kier alpha value is -1.18. The molecule has 1 aromatic rings. The third-order valence-corrected chi connectivity index (χ3v) is 2.56. The third-order valence-electron chi connectivity index (χ3n) is 2.56. The van der Waals surface area contributed by atoms with Crippen LogP contribution in [-0.2, 0) is 6.42 Å². The minimum atomic E-state index is 0.364. The number of fused-ring (bicyclic) bond motifs is 1. The second-order valence-electron chi connectivity index (χ2n) is 4.61. The van der Waals surface area contributed by atoms with Gasteiger partial charge in [-0.2, -0.15) is 0 Å². The molecule has 1 aliphatic heterocycles. The van der Waals surface area contributed by atoms with Crippen LogP contribution in [-0.4, -0.2) is 6.54 Å². The molecule has 2 nitrogen and oxygen atoms in total. The van der Waals surface area contributed by atoms with Crippen LogP contribution in [0.4, 0.5) is 11.4 Å². The fourth-order valence-electron chi connectivity index (χ4n) is 1.83. The lowest BCUT2D eigenvalue weighted by atomic mass is 9.82. The van der Waals surface area contributed by atoms with Crippen molar-refractivity contribution < 1.29 is 0 Å². The van der Waals surface area contributed by atoms with Gasteiger partial charge in [0.2, 0.25) is 0 Å². The molecule has 0 atom stereocenters. The van der Waals surface area contributed by atoms with E-state index >= 15 is 0 Å². The molecule has 0 radical (unpaired) electrons. The van der Waals surface area contributed by atoms with Crippen molar-refractivity contribution in [2.45, 2.75) is 20.3 Å². The van der Waals surface area contributed by atoms with Crippen LogP contribution < -0.4 is 11.1 Å². The molecule has 0 aromatic heterocycles. The maximum atomic E-state index is 5.71. The van der Waals surface area contributed by atoms with Gasteiger partial charge in [-0.25, -0.2) is 0 Å². The van der Waals surface area contributed by atoms with E-state index in [2.05, 4.69) is 25.2 Å². The van der Waals surface area contributed by atoms with Crippen LogP contribution >= 0.6 is 0 Å². The van der Waals surface area contributed by atoms with E-state index in [0.29, 0.717) is 5.41 Å². The molecule has 1 aliphatic rings. The lowest BCUT2D eigenvalue weighted by Gasteiger charge is -2.32. The molecule has 1 aromatic carbocycles. The van der Waals surface area contributed by atoms with E-state index in [1.807, 2.05) is 12.1 Å². The van der Waals surface area contributed by atoms with Crippen molar-refractivity contribution in [3.8, 4) is 0 Å². The highest BCUT2D eigenvalue weighted by molar-refractivity contribution is 5.61. The molecule has 0 spiro atoms. The highest BCUT2D eigenvalue weighted by Crippen LogP contribution is 2.32. The zero-order valence-electron chi connectivity index (χ0n) is 8.22. The summed E-state index contributed by atoms with van der Waals surface area (Å²) in [6.07, 6.45) is 1.13. The van der Waals surface area contributed by atoms with E-state index in [1.54, 1.807) is 0 Å². The third kappa shape index (κ3) is 1.62. The summed E-state index contributed by atoms with van der Waals surface area (Å²) in [4.78, 5) is 0. The Labute approximate surface area is 79.1 Å². The molecule has 70 valence electrons. The SMILES string of the molecule is CC1(C)CNc2cc(N)ccc2C1. The molecular weight excluding hydrogens is 160 g/mol.